The fourth-order valence-corrected chi connectivity index (χ4v) is 3.21. The van der Waals surface area contributed by atoms with Crippen molar-refractivity contribution < 1.29 is 4.79 Å². The van der Waals surface area contributed by atoms with Crippen molar-refractivity contribution in [3.05, 3.63) is 39.8 Å². The normalized spacial score (nSPS) is 13.9. The Bertz CT molecular complexity index is 811. The van der Waals surface area contributed by atoms with E-state index in [4.69, 9.17) is 5.26 Å². The highest BCUT2D eigenvalue weighted by molar-refractivity contribution is 7.99. The molecule has 21 heavy (non-hydrogen) atoms. The third-order valence-corrected chi connectivity index (χ3v) is 4.30. The van der Waals surface area contributed by atoms with Crippen LogP contribution in [0.1, 0.15) is 41.7 Å². The summed E-state index contributed by atoms with van der Waals surface area (Å²) in [6, 6.07) is 7.14. The first-order valence-corrected chi connectivity index (χ1v) is 7.31. The molecule has 0 amide bonds. The minimum atomic E-state index is -0.235. The summed E-state index contributed by atoms with van der Waals surface area (Å²) in [5.74, 6) is -0.0853. The molecular formula is C14H12N4O2S. The van der Waals surface area contributed by atoms with Crippen molar-refractivity contribution >= 4 is 17.5 Å². The Morgan fingerprint density at radius 3 is 2.90 bits per heavy atom. The van der Waals surface area contributed by atoms with E-state index < -0.39 is 0 Å². The first-order chi connectivity index (χ1) is 10.1. The van der Waals surface area contributed by atoms with E-state index in [1.54, 1.807) is 22.8 Å². The summed E-state index contributed by atoms with van der Waals surface area (Å²) in [7, 11) is 0. The number of aromatic nitrogens is 3. The van der Waals surface area contributed by atoms with E-state index in [-0.39, 0.29) is 17.5 Å². The van der Waals surface area contributed by atoms with Crippen LogP contribution < -0.4 is 5.69 Å². The lowest BCUT2D eigenvalue weighted by Crippen LogP contribution is -2.16. The summed E-state index contributed by atoms with van der Waals surface area (Å²) in [6.07, 6.45) is 1.93. The van der Waals surface area contributed by atoms with Crippen molar-refractivity contribution in [3.63, 3.8) is 0 Å². The molecule has 0 atom stereocenters. The molecule has 1 aromatic heterocycles. The molecule has 106 valence electrons. The number of benzene rings is 1. The number of nitrogens with zero attached hydrogens (tertiary/aromatic N) is 3. The third kappa shape index (κ3) is 2.62. The Balaban J connectivity index is 2.03. The zero-order valence-electron chi connectivity index (χ0n) is 11.3. The lowest BCUT2D eigenvalue weighted by atomic mass is 10.1. The van der Waals surface area contributed by atoms with E-state index in [9.17, 15) is 9.59 Å². The van der Waals surface area contributed by atoms with Crippen molar-refractivity contribution in [3.8, 4) is 6.07 Å². The van der Waals surface area contributed by atoms with E-state index in [2.05, 4.69) is 16.3 Å². The molecule has 1 heterocycles. The largest absolute Gasteiger partial charge is 0.344 e. The molecule has 1 fully saturated rings. The molecule has 6 nitrogen and oxygen atoms in total. The molecule has 1 aromatic carbocycles. The monoisotopic (exact) mass is 300 g/mol. The van der Waals surface area contributed by atoms with Crippen molar-refractivity contribution in [2.75, 3.05) is 0 Å². The summed E-state index contributed by atoms with van der Waals surface area (Å²) >= 11 is 1.24. The molecule has 0 radical (unpaired) electrons. The van der Waals surface area contributed by atoms with Crippen LogP contribution in [-0.4, -0.2) is 20.5 Å². The number of aromatic amines is 1. The lowest BCUT2D eigenvalue weighted by Gasteiger charge is -2.07. The number of hydrogen-bond acceptors (Lipinski definition) is 5. The lowest BCUT2D eigenvalue weighted by molar-refractivity contribution is 0.101. The van der Waals surface area contributed by atoms with Gasteiger partial charge >= 0.3 is 5.69 Å². The van der Waals surface area contributed by atoms with Gasteiger partial charge in [0.05, 0.1) is 11.6 Å². The fraction of sp³-hybridized carbons (Fsp3) is 0.286. The predicted octanol–water partition coefficient (Wildman–Crippen LogP) is 2.13. The molecule has 1 aliphatic carbocycles. The quantitative estimate of drug-likeness (QED) is 0.873. The number of ketones is 1. The van der Waals surface area contributed by atoms with Gasteiger partial charge in [0.2, 0.25) is 0 Å². The second kappa shape index (κ2) is 5.22. The van der Waals surface area contributed by atoms with Crippen LogP contribution in [0.2, 0.25) is 0 Å². The van der Waals surface area contributed by atoms with E-state index in [1.165, 1.54) is 18.7 Å². The van der Waals surface area contributed by atoms with Crippen LogP contribution in [0.5, 0.6) is 0 Å². The number of carbonyl (C=O) groups is 1. The zero-order chi connectivity index (χ0) is 15.0. The highest BCUT2D eigenvalue weighted by atomic mass is 32.2. The molecule has 0 aliphatic heterocycles. The maximum Gasteiger partial charge on any atom is 0.344 e. The zero-order valence-corrected chi connectivity index (χ0v) is 12.1. The number of hydrogen-bond donors (Lipinski definition) is 1. The number of Topliss-reactive ketones (excluding diaryl/α,β-unsaturated/α-hetero) is 1. The Morgan fingerprint density at radius 2 is 2.29 bits per heavy atom. The van der Waals surface area contributed by atoms with Crippen LogP contribution in [0.25, 0.3) is 0 Å². The molecule has 1 saturated carbocycles. The molecule has 2 aromatic rings. The Labute approximate surface area is 124 Å². The molecule has 0 bridgehead atoms. The first-order valence-electron chi connectivity index (χ1n) is 6.50. The molecular weight excluding hydrogens is 288 g/mol. The summed E-state index contributed by atoms with van der Waals surface area (Å²) in [5, 5.41) is 16.0. The second-order valence-corrected chi connectivity index (χ2v) is 5.90. The van der Waals surface area contributed by atoms with Crippen LogP contribution in [0.4, 0.5) is 0 Å². The van der Waals surface area contributed by atoms with Crippen molar-refractivity contribution in [1.29, 1.82) is 5.26 Å². The maximum atomic E-state index is 11.8. The third-order valence-electron chi connectivity index (χ3n) is 3.28. The molecule has 1 N–H and O–H groups in total. The number of carbonyl (C=O) groups excluding carboxylic acids is 1. The Hall–Kier alpha value is -2.33. The molecule has 7 heteroatoms. The summed E-state index contributed by atoms with van der Waals surface area (Å²) in [4.78, 5) is 24.1. The van der Waals surface area contributed by atoms with Gasteiger partial charge < -0.3 is 0 Å². The molecule has 0 saturated heterocycles. The van der Waals surface area contributed by atoms with Gasteiger partial charge in [0, 0.05) is 16.5 Å². The molecule has 3 rings (SSSR count). The Morgan fingerprint density at radius 1 is 1.52 bits per heavy atom. The standard InChI is InChI=1S/C14H12N4O2S/c1-8(19)11-5-2-9(7-15)6-12(11)21-14-17-16-13(20)18(14)10-3-4-10/h2,5-6,10H,3-4H2,1H3,(H,16,20). The summed E-state index contributed by atoms with van der Waals surface area (Å²) < 4.78 is 1.62. The Kier molecular flexibility index (Phi) is 3.39. The average Bonchev–Trinajstić information content (AvgIpc) is 3.23. The van der Waals surface area contributed by atoms with Crippen molar-refractivity contribution in [2.24, 2.45) is 0 Å². The minimum Gasteiger partial charge on any atom is -0.294 e. The molecule has 1 aliphatic rings. The van der Waals surface area contributed by atoms with Gasteiger partial charge in [0.15, 0.2) is 10.9 Å². The minimum absolute atomic E-state index is 0.0853. The first kappa shape index (κ1) is 13.6. The van der Waals surface area contributed by atoms with Crippen molar-refractivity contribution in [1.82, 2.24) is 14.8 Å². The van der Waals surface area contributed by atoms with Gasteiger partial charge in [-0.1, -0.05) is 0 Å². The van der Waals surface area contributed by atoms with Crippen LogP contribution in [0, 0.1) is 11.3 Å². The van der Waals surface area contributed by atoms with Gasteiger partial charge in [0.25, 0.3) is 0 Å². The van der Waals surface area contributed by atoms with Crippen LogP contribution in [0.3, 0.4) is 0 Å². The van der Waals surface area contributed by atoms with Crippen LogP contribution >= 0.6 is 11.8 Å². The SMILES string of the molecule is CC(=O)c1ccc(C#N)cc1Sc1n[nH]c(=O)n1C1CC1. The average molecular weight is 300 g/mol. The predicted molar refractivity (Wildman–Crippen MR) is 76.4 cm³/mol. The summed E-state index contributed by atoms with van der Waals surface area (Å²) in [6.45, 7) is 1.48. The second-order valence-electron chi connectivity index (χ2n) is 4.89. The van der Waals surface area contributed by atoms with E-state index in [1.807, 2.05) is 0 Å². The van der Waals surface area contributed by atoms with Gasteiger partial charge in [-0.05, 0) is 49.7 Å². The smallest absolute Gasteiger partial charge is 0.294 e. The van der Waals surface area contributed by atoms with Crippen LogP contribution in [0.15, 0.2) is 33.0 Å². The van der Waals surface area contributed by atoms with Crippen molar-refractivity contribution in [2.45, 2.75) is 35.9 Å². The number of nitrogens with one attached hydrogen (secondary N) is 1. The highest BCUT2D eigenvalue weighted by Crippen LogP contribution is 2.38. The fourth-order valence-electron chi connectivity index (χ4n) is 2.08. The van der Waals surface area contributed by atoms with E-state index in [0.29, 0.717) is 21.2 Å². The van der Waals surface area contributed by atoms with Gasteiger partial charge in [-0.25, -0.2) is 9.89 Å². The van der Waals surface area contributed by atoms with Gasteiger partial charge in [-0.3, -0.25) is 9.36 Å². The van der Waals surface area contributed by atoms with Crippen LogP contribution in [-0.2, 0) is 0 Å². The number of nitriles is 1. The van der Waals surface area contributed by atoms with E-state index in [0.717, 1.165) is 12.8 Å². The molecule has 0 spiro atoms. The number of H-pyrrole nitrogens is 1. The van der Waals surface area contributed by atoms with Gasteiger partial charge in [0.1, 0.15) is 0 Å². The highest BCUT2D eigenvalue weighted by Gasteiger charge is 2.29. The van der Waals surface area contributed by atoms with Gasteiger partial charge in [-0.15, -0.1) is 5.10 Å². The summed E-state index contributed by atoms with van der Waals surface area (Å²) in [5.41, 5.74) is 0.760. The van der Waals surface area contributed by atoms with Gasteiger partial charge in [-0.2, -0.15) is 5.26 Å². The topological polar surface area (TPSA) is 91.5 Å². The number of rotatable bonds is 4. The van der Waals surface area contributed by atoms with E-state index >= 15 is 0 Å². The maximum absolute atomic E-state index is 11.8. The molecule has 0 unspecified atom stereocenters.